The molecule has 3 aromatic rings. The van der Waals surface area contributed by atoms with Crippen LogP contribution in [0.2, 0.25) is 0 Å². The molecule has 0 radical (unpaired) electrons. The van der Waals surface area contributed by atoms with E-state index in [4.69, 9.17) is 9.15 Å². The standard InChI is InChI=1S/C20H21NO3/c1-13-7-6-10-17(14(13)2)23-12-20(22)21-15(3)19-11-16-8-4-5-9-18(16)24-19/h4-11,15H,12H2,1-3H3,(H,21,22). The molecule has 0 spiro atoms. The summed E-state index contributed by atoms with van der Waals surface area (Å²) in [5.74, 6) is 1.29. The van der Waals surface area contributed by atoms with Crippen molar-refractivity contribution in [1.82, 2.24) is 5.32 Å². The largest absolute Gasteiger partial charge is 0.483 e. The molecule has 1 aromatic heterocycles. The summed E-state index contributed by atoms with van der Waals surface area (Å²) in [6.45, 7) is 5.88. The fourth-order valence-electron chi connectivity index (χ4n) is 2.59. The van der Waals surface area contributed by atoms with Gasteiger partial charge in [0.2, 0.25) is 0 Å². The van der Waals surface area contributed by atoms with Crippen LogP contribution in [0.5, 0.6) is 5.75 Å². The SMILES string of the molecule is Cc1cccc(OCC(=O)NC(C)c2cc3ccccc3o2)c1C. The van der Waals surface area contributed by atoms with Crippen molar-refractivity contribution in [3.8, 4) is 5.75 Å². The number of ether oxygens (including phenoxy) is 1. The smallest absolute Gasteiger partial charge is 0.258 e. The number of rotatable bonds is 5. The molecule has 24 heavy (non-hydrogen) atoms. The zero-order chi connectivity index (χ0) is 17.1. The Bertz CT molecular complexity index is 833. The van der Waals surface area contributed by atoms with Crippen LogP contribution in [0.25, 0.3) is 11.0 Å². The van der Waals surface area contributed by atoms with E-state index in [0.29, 0.717) is 0 Å². The van der Waals surface area contributed by atoms with Gasteiger partial charge in [-0.3, -0.25) is 4.79 Å². The van der Waals surface area contributed by atoms with Crippen molar-refractivity contribution in [2.24, 2.45) is 0 Å². The van der Waals surface area contributed by atoms with Crippen molar-refractivity contribution in [2.45, 2.75) is 26.8 Å². The number of carbonyl (C=O) groups excluding carboxylic acids is 1. The normalized spacial score (nSPS) is 12.1. The Morgan fingerprint density at radius 3 is 2.75 bits per heavy atom. The lowest BCUT2D eigenvalue weighted by atomic mass is 10.1. The first-order valence-corrected chi connectivity index (χ1v) is 8.01. The lowest BCUT2D eigenvalue weighted by Crippen LogP contribution is -2.31. The van der Waals surface area contributed by atoms with Gasteiger partial charge in [-0.1, -0.05) is 30.3 Å². The van der Waals surface area contributed by atoms with Gasteiger partial charge in [0, 0.05) is 5.39 Å². The second-order valence-corrected chi connectivity index (χ2v) is 5.96. The summed E-state index contributed by atoms with van der Waals surface area (Å²) in [5.41, 5.74) is 3.01. The fourth-order valence-corrected chi connectivity index (χ4v) is 2.59. The Kier molecular flexibility index (Phi) is 4.56. The summed E-state index contributed by atoms with van der Waals surface area (Å²) in [6.07, 6.45) is 0. The molecular weight excluding hydrogens is 302 g/mol. The Labute approximate surface area is 141 Å². The minimum atomic E-state index is -0.216. The van der Waals surface area contributed by atoms with Crippen LogP contribution >= 0.6 is 0 Å². The minimum absolute atomic E-state index is 0.0190. The molecule has 1 atom stereocenters. The van der Waals surface area contributed by atoms with Crippen LogP contribution < -0.4 is 10.1 Å². The van der Waals surface area contributed by atoms with Gasteiger partial charge >= 0.3 is 0 Å². The van der Waals surface area contributed by atoms with E-state index in [9.17, 15) is 4.79 Å². The molecular formula is C20H21NO3. The zero-order valence-electron chi connectivity index (χ0n) is 14.1. The number of fused-ring (bicyclic) bond motifs is 1. The van der Waals surface area contributed by atoms with Crippen molar-refractivity contribution >= 4 is 16.9 Å². The highest BCUT2D eigenvalue weighted by atomic mass is 16.5. The van der Waals surface area contributed by atoms with E-state index in [2.05, 4.69) is 5.32 Å². The third kappa shape index (κ3) is 3.43. The van der Waals surface area contributed by atoms with Crippen LogP contribution in [0.4, 0.5) is 0 Å². The summed E-state index contributed by atoms with van der Waals surface area (Å²) in [7, 11) is 0. The Morgan fingerprint density at radius 1 is 1.17 bits per heavy atom. The lowest BCUT2D eigenvalue weighted by Gasteiger charge is -2.13. The van der Waals surface area contributed by atoms with Crippen molar-refractivity contribution in [3.05, 3.63) is 65.4 Å². The van der Waals surface area contributed by atoms with Gasteiger partial charge in [0.25, 0.3) is 5.91 Å². The highest BCUT2D eigenvalue weighted by molar-refractivity contribution is 5.79. The molecule has 1 N–H and O–H groups in total. The number of aryl methyl sites for hydroxylation is 1. The Hall–Kier alpha value is -2.75. The monoisotopic (exact) mass is 323 g/mol. The van der Waals surface area contributed by atoms with E-state index in [1.807, 2.05) is 69.3 Å². The van der Waals surface area contributed by atoms with Gasteiger partial charge in [-0.15, -0.1) is 0 Å². The van der Waals surface area contributed by atoms with Crippen molar-refractivity contribution < 1.29 is 13.9 Å². The van der Waals surface area contributed by atoms with Crippen LogP contribution in [0, 0.1) is 13.8 Å². The van der Waals surface area contributed by atoms with E-state index < -0.39 is 0 Å². The summed E-state index contributed by atoms with van der Waals surface area (Å²) in [5, 5.41) is 3.93. The van der Waals surface area contributed by atoms with Crippen LogP contribution in [-0.2, 0) is 4.79 Å². The highest BCUT2D eigenvalue weighted by Crippen LogP contribution is 2.24. The summed E-state index contributed by atoms with van der Waals surface area (Å²) >= 11 is 0. The van der Waals surface area contributed by atoms with Crippen LogP contribution in [-0.4, -0.2) is 12.5 Å². The first-order chi connectivity index (χ1) is 11.5. The van der Waals surface area contributed by atoms with E-state index in [-0.39, 0.29) is 18.6 Å². The van der Waals surface area contributed by atoms with Crippen LogP contribution in [0.1, 0.15) is 29.9 Å². The maximum absolute atomic E-state index is 12.1. The molecule has 124 valence electrons. The fraction of sp³-hybridized carbons (Fsp3) is 0.250. The first-order valence-electron chi connectivity index (χ1n) is 8.01. The molecule has 0 saturated carbocycles. The Balaban J connectivity index is 1.60. The average Bonchev–Trinajstić information content (AvgIpc) is 3.00. The van der Waals surface area contributed by atoms with Gasteiger partial charge < -0.3 is 14.5 Å². The number of amides is 1. The third-order valence-corrected chi connectivity index (χ3v) is 4.16. The predicted molar refractivity (Wildman–Crippen MR) is 94.2 cm³/mol. The molecule has 0 aliphatic heterocycles. The van der Waals surface area contributed by atoms with E-state index in [1.54, 1.807) is 0 Å². The van der Waals surface area contributed by atoms with Crippen molar-refractivity contribution in [3.63, 3.8) is 0 Å². The third-order valence-electron chi connectivity index (χ3n) is 4.16. The van der Waals surface area contributed by atoms with Gasteiger partial charge in [0.15, 0.2) is 6.61 Å². The van der Waals surface area contributed by atoms with Crippen LogP contribution in [0.15, 0.2) is 52.9 Å². The number of para-hydroxylation sites is 1. The summed E-state index contributed by atoms with van der Waals surface area (Å²) in [6, 6.07) is 15.3. The van der Waals surface area contributed by atoms with Gasteiger partial charge in [0.1, 0.15) is 17.1 Å². The van der Waals surface area contributed by atoms with E-state index in [0.717, 1.165) is 33.6 Å². The van der Waals surface area contributed by atoms with Crippen molar-refractivity contribution in [2.75, 3.05) is 6.61 Å². The second kappa shape index (κ2) is 6.79. The number of nitrogens with one attached hydrogen (secondary N) is 1. The van der Waals surface area contributed by atoms with E-state index >= 15 is 0 Å². The van der Waals surface area contributed by atoms with Gasteiger partial charge in [-0.25, -0.2) is 0 Å². The number of furan rings is 1. The average molecular weight is 323 g/mol. The maximum atomic E-state index is 12.1. The molecule has 2 aromatic carbocycles. The number of hydrogen-bond acceptors (Lipinski definition) is 3. The minimum Gasteiger partial charge on any atom is -0.483 e. The van der Waals surface area contributed by atoms with Crippen molar-refractivity contribution in [1.29, 1.82) is 0 Å². The van der Waals surface area contributed by atoms with E-state index in [1.165, 1.54) is 0 Å². The molecule has 1 heterocycles. The first kappa shape index (κ1) is 16.1. The molecule has 3 rings (SSSR count). The van der Waals surface area contributed by atoms with Gasteiger partial charge in [-0.2, -0.15) is 0 Å². The molecule has 1 unspecified atom stereocenters. The predicted octanol–water partition coefficient (Wildman–Crippen LogP) is 4.31. The topological polar surface area (TPSA) is 51.5 Å². The van der Waals surface area contributed by atoms with Gasteiger partial charge in [-0.05, 0) is 50.1 Å². The highest BCUT2D eigenvalue weighted by Gasteiger charge is 2.15. The zero-order valence-corrected chi connectivity index (χ0v) is 14.1. The second-order valence-electron chi connectivity index (χ2n) is 5.96. The molecule has 0 aliphatic carbocycles. The number of hydrogen-bond donors (Lipinski definition) is 1. The molecule has 0 bridgehead atoms. The molecule has 4 heteroatoms. The number of benzene rings is 2. The Morgan fingerprint density at radius 2 is 1.96 bits per heavy atom. The molecule has 4 nitrogen and oxygen atoms in total. The molecule has 0 saturated heterocycles. The molecule has 1 amide bonds. The summed E-state index contributed by atoms with van der Waals surface area (Å²) in [4.78, 5) is 12.1. The van der Waals surface area contributed by atoms with Crippen LogP contribution in [0.3, 0.4) is 0 Å². The summed E-state index contributed by atoms with van der Waals surface area (Å²) < 4.78 is 11.4. The quantitative estimate of drug-likeness (QED) is 0.761. The number of carbonyl (C=O) groups is 1. The maximum Gasteiger partial charge on any atom is 0.258 e. The lowest BCUT2D eigenvalue weighted by molar-refractivity contribution is -0.123. The van der Waals surface area contributed by atoms with Gasteiger partial charge in [0.05, 0.1) is 6.04 Å². The molecule has 0 aliphatic rings. The molecule has 0 fully saturated rings.